The smallest absolute Gasteiger partial charge is 0.237 e. The van der Waals surface area contributed by atoms with Gasteiger partial charge in [-0.3, -0.25) is 9.89 Å². The number of benzene rings is 1. The van der Waals surface area contributed by atoms with E-state index in [-0.39, 0.29) is 11.7 Å². The van der Waals surface area contributed by atoms with Crippen molar-refractivity contribution >= 4 is 23.4 Å². The molecule has 0 bridgehead atoms. The van der Waals surface area contributed by atoms with Crippen LogP contribution in [0.5, 0.6) is 0 Å². The van der Waals surface area contributed by atoms with Crippen LogP contribution in [-0.4, -0.2) is 33.4 Å². The number of anilines is 1. The van der Waals surface area contributed by atoms with Crippen molar-refractivity contribution < 1.29 is 4.79 Å². The number of rotatable bonds is 7. The molecule has 1 heterocycles. The molecule has 1 amide bonds. The summed E-state index contributed by atoms with van der Waals surface area (Å²) >= 11 is 1.34. The van der Waals surface area contributed by atoms with Crippen molar-refractivity contribution in [1.82, 2.24) is 15.2 Å². The van der Waals surface area contributed by atoms with Crippen LogP contribution in [0.4, 0.5) is 5.69 Å². The highest BCUT2D eigenvalue weighted by Gasteiger charge is 2.22. The van der Waals surface area contributed by atoms with Gasteiger partial charge in [-0.15, -0.1) is 5.10 Å². The van der Waals surface area contributed by atoms with Crippen LogP contribution in [-0.2, 0) is 4.79 Å². The summed E-state index contributed by atoms with van der Waals surface area (Å²) in [7, 11) is 0. The maximum absolute atomic E-state index is 12.8. The molecular weight excluding hydrogens is 358 g/mol. The summed E-state index contributed by atoms with van der Waals surface area (Å²) in [5.41, 5.74) is 3.15. The van der Waals surface area contributed by atoms with Gasteiger partial charge in [0.1, 0.15) is 5.82 Å². The van der Waals surface area contributed by atoms with E-state index in [1.807, 2.05) is 32.0 Å². The highest BCUT2D eigenvalue weighted by atomic mass is 32.2. The van der Waals surface area contributed by atoms with Crippen molar-refractivity contribution in [2.24, 2.45) is 0 Å². The SMILES string of the molecule is Cc1ccc(N(CCC#N)C(=O)CSc2n[nH]c(C3CCCC3)n2)cc1C. The van der Waals surface area contributed by atoms with Gasteiger partial charge in [0, 0.05) is 18.2 Å². The molecule has 2 aromatic rings. The third-order valence-corrected chi connectivity index (χ3v) is 5.93. The van der Waals surface area contributed by atoms with Crippen LogP contribution in [0.2, 0.25) is 0 Å². The van der Waals surface area contributed by atoms with Crippen LogP contribution in [0.15, 0.2) is 23.4 Å². The van der Waals surface area contributed by atoms with E-state index in [2.05, 4.69) is 21.3 Å². The maximum atomic E-state index is 12.8. The summed E-state index contributed by atoms with van der Waals surface area (Å²) < 4.78 is 0. The van der Waals surface area contributed by atoms with E-state index >= 15 is 0 Å². The van der Waals surface area contributed by atoms with Crippen molar-refractivity contribution in [1.29, 1.82) is 5.26 Å². The minimum Gasteiger partial charge on any atom is -0.311 e. The summed E-state index contributed by atoms with van der Waals surface area (Å²) in [6.45, 7) is 4.46. The molecule has 142 valence electrons. The lowest BCUT2D eigenvalue weighted by atomic mass is 10.1. The zero-order valence-corrected chi connectivity index (χ0v) is 16.7. The van der Waals surface area contributed by atoms with Crippen LogP contribution in [0.3, 0.4) is 0 Å². The number of hydrogen-bond acceptors (Lipinski definition) is 5. The van der Waals surface area contributed by atoms with Crippen LogP contribution in [0, 0.1) is 25.2 Å². The Hall–Kier alpha value is -2.33. The minimum absolute atomic E-state index is 0.0364. The molecule has 1 saturated carbocycles. The predicted octanol–water partition coefficient (Wildman–Crippen LogP) is 4.12. The Morgan fingerprint density at radius 1 is 1.33 bits per heavy atom. The molecule has 1 aliphatic carbocycles. The van der Waals surface area contributed by atoms with Crippen molar-refractivity contribution in [2.45, 2.75) is 57.0 Å². The van der Waals surface area contributed by atoms with Crippen LogP contribution in [0.1, 0.15) is 55.0 Å². The average molecular weight is 384 g/mol. The first-order valence-electron chi connectivity index (χ1n) is 9.38. The lowest BCUT2D eigenvalue weighted by Crippen LogP contribution is -2.33. The van der Waals surface area contributed by atoms with E-state index in [4.69, 9.17) is 5.26 Å². The number of carbonyl (C=O) groups is 1. The number of thioether (sulfide) groups is 1. The molecule has 0 unspecified atom stereocenters. The van der Waals surface area contributed by atoms with Gasteiger partial charge in [-0.2, -0.15) is 5.26 Å². The van der Waals surface area contributed by atoms with Gasteiger partial charge in [0.15, 0.2) is 0 Å². The third-order valence-electron chi connectivity index (χ3n) is 5.10. The molecule has 27 heavy (non-hydrogen) atoms. The van der Waals surface area contributed by atoms with Gasteiger partial charge in [-0.25, -0.2) is 4.98 Å². The van der Waals surface area contributed by atoms with E-state index in [0.29, 0.717) is 24.0 Å². The van der Waals surface area contributed by atoms with E-state index in [9.17, 15) is 4.79 Å². The minimum atomic E-state index is -0.0364. The predicted molar refractivity (Wildman–Crippen MR) is 107 cm³/mol. The molecule has 6 nitrogen and oxygen atoms in total. The number of nitrogens with zero attached hydrogens (tertiary/aromatic N) is 4. The Labute approximate surface area is 164 Å². The fraction of sp³-hybridized carbons (Fsp3) is 0.500. The second kappa shape index (κ2) is 9.05. The Morgan fingerprint density at radius 3 is 2.81 bits per heavy atom. The zero-order valence-electron chi connectivity index (χ0n) is 15.9. The lowest BCUT2D eigenvalue weighted by molar-refractivity contribution is -0.116. The number of aromatic amines is 1. The lowest BCUT2D eigenvalue weighted by Gasteiger charge is -2.22. The fourth-order valence-electron chi connectivity index (χ4n) is 3.36. The van der Waals surface area contributed by atoms with E-state index in [1.54, 1.807) is 4.90 Å². The van der Waals surface area contributed by atoms with E-state index in [1.165, 1.54) is 30.2 Å². The highest BCUT2D eigenvalue weighted by molar-refractivity contribution is 7.99. The first-order valence-corrected chi connectivity index (χ1v) is 10.4. The number of amides is 1. The Morgan fingerprint density at radius 2 is 2.11 bits per heavy atom. The number of carbonyl (C=O) groups excluding carboxylic acids is 1. The molecule has 1 aromatic heterocycles. The average Bonchev–Trinajstić information content (AvgIpc) is 3.34. The van der Waals surface area contributed by atoms with Gasteiger partial charge in [-0.1, -0.05) is 30.7 Å². The van der Waals surface area contributed by atoms with E-state index < -0.39 is 0 Å². The number of nitrogens with one attached hydrogen (secondary N) is 1. The van der Waals surface area contributed by atoms with E-state index in [0.717, 1.165) is 29.9 Å². The molecular formula is C20H25N5OS. The third kappa shape index (κ3) is 4.89. The highest BCUT2D eigenvalue weighted by Crippen LogP contribution is 2.32. The zero-order chi connectivity index (χ0) is 19.2. The molecule has 0 spiro atoms. The monoisotopic (exact) mass is 383 g/mol. The summed E-state index contributed by atoms with van der Waals surface area (Å²) in [6.07, 6.45) is 5.11. The Bertz CT molecular complexity index is 835. The van der Waals surface area contributed by atoms with Crippen LogP contribution in [0.25, 0.3) is 0 Å². The topological polar surface area (TPSA) is 85.7 Å². The summed E-state index contributed by atoms with van der Waals surface area (Å²) in [6, 6.07) is 8.07. The van der Waals surface area contributed by atoms with Gasteiger partial charge in [-0.05, 0) is 49.9 Å². The molecule has 1 fully saturated rings. The molecule has 7 heteroatoms. The standard InChI is InChI=1S/C20H25N5OS/c1-14-8-9-17(12-15(14)2)25(11-5-10-21)18(26)13-27-20-22-19(23-24-20)16-6-3-4-7-16/h8-9,12,16H,3-7,11,13H2,1-2H3,(H,22,23,24). The molecule has 1 N–H and O–H groups in total. The van der Waals surface area contributed by atoms with Crippen molar-refractivity contribution in [2.75, 3.05) is 17.2 Å². The van der Waals surface area contributed by atoms with Crippen LogP contribution < -0.4 is 4.90 Å². The van der Waals surface area contributed by atoms with Gasteiger partial charge in [0.2, 0.25) is 11.1 Å². The molecule has 3 rings (SSSR count). The van der Waals surface area contributed by atoms with Gasteiger partial charge >= 0.3 is 0 Å². The first kappa shape index (κ1) is 19.4. The molecule has 1 aromatic carbocycles. The first-order chi connectivity index (χ1) is 13.1. The maximum Gasteiger partial charge on any atom is 0.237 e. The fourth-order valence-corrected chi connectivity index (χ4v) is 4.04. The normalized spacial score (nSPS) is 14.3. The summed E-state index contributed by atoms with van der Waals surface area (Å²) in [5, 5.41) is 16.8. The molecule has 0 aliphatic heterocycles. The quantitative estimate of drug-likeness (QED) is 0.727. The largest absolute Gasteiger partial charge is 0.311 e. The second-order valence-electron chi connectivity index (χ2n) is 7.00. The number of H-pyrrole nitrogens is 1. The van der Waals surface area contributed by atoms with Crippen molar-refractivity contribution in [3.8, 4) is 6.07 Å². The number of nitriles is 1. The van der Waals surface area contributed by atoms with Gasteiger partial charge in [0.25, 0.3) is 0 Å². The summed E-state index contributed by atoms with van der Waals surface area (Å²) in [4.78, 5) is 19.1. The Kier molecular flexibility index (Phi) is 6.51. The number of aryl methyl sites for hydroxylation is 2. The number of aromatic nitrogens is 3. The van der Waals surface area contributed by atoms with Crippen molar-refractivity contribution in [3.63, 3.8) is 0 Å². The second-order valence-corrected chi connectivity index (χ2v) is 7.94. The molecule has 0 saturated heterocycles. The summed E-state index contributed by atoms with van der Waals surface area (Å²) in [5.74, 6) is 1.63. The molecule has 0 atom stereocenters. The number of hydrogen-bond donors (Lipinski definition) is 1. The Balaban J connectivity index is 1.65. The van der Waals surface area contributed by atoms with Gasteiger partial charge in [0.05, 0.1) is 18.2 Å². The molecule has 0 radical (unpaired) electrons. The molecule has 1 aliphatic rings. The van der Waals surface area contributed by atoms with Crippen molar-refractivity contribution in [3.05, 3.63) is 35.2 Å². The van der Waals surface area contributed by atoms with Gasteiger partial charge < -0.3 is 4.90 Å². The van der Waals surface area contributed by atoms with Crippen LogP contribution >= 0.6 is 11.8 Å².